The number of aromatic nitrogens is 2. The number of rotatable bonds is 4. The van der Waals surface area contributed by atoms with E-state index in [4.69, 9.17) is 5.11 Å². The van der Waals surface area contributed by atoms with Crippen LogP contribution in [0.3, 0.4) is 0 Å². The first-order valence-electron chi connectivity index (χ1n) is 6.97. The van der Waals surface area contributed by atoms with Gasteiger partial charge in [0.25, 0.3) is 5.91 Å². The van der Waals surface area contributed by atoms with Crippen LogP contribution in [0.25, 0.3) is 5.69 Å². The summed E-state index contributed by atoms with van der Waals surface area (Å²) in [5.41, 5.74) is 2.47. The van der Waals surface area contributed by atoms with Crippen LogP contribution >= 0.6 is 0 Å². The number of halogens is 1. The summed E-state index contributed by atoms with van der Waals surface area (Å²) in [6.45, 7) is 0.0577. The van der Waals surface area contributed by atoms with E-state index < -0.39 is 0 Å². The molecule has 0 fully saturated rings. The van der Waals surface area contributed by atoms with Crippen LogP contribution in [0.4, 0.5) is 4.39 Å². The van der Waals surface area contributed by atoms with Crippen LogP contribution in [-0.4, -0.2) is 33.9 Å². The molecule has 1 heterocycles. The lowest BCUT2D eigenvalue weighted by Crippen LogP contribution is -2.27. The van der Waals surface area contributed by atoms with Gasteiger partial charge in [0.15, 0.2) is 5.69 Å². The zero-order valence-corrected chi connectivity index (χ0v) is 11.5. The first kappa shape index (κ1) is 13.8. The van der Waals surface area contributed by atoms with Crippen LogP contribution in [0.5, 0.6) is 0 Å². The minimum Gasteiger partial charge on any atom is -0.395 e. The zero-order chi connectivity index (χ0) is 14.8. The second-order valence-corrected chi connectivity index (χ2v) is 4.97. The number of benzene rings is 1. The van der Waals surface area contributed by atoms with Crippen LogP contribution in [0.2, 0.25) is 0 Å². The molecule has 2 N–H and O–H groups in total. The number of amides is 1. The molecular formula is C15H16FN3O2. The Morgan fingerprint density at radius 2 is 2.19 bits per heavy atom. The van der Waals surface area contributed by atoms with Crippen LogP contribution in [0, 0.1) is 5.82 Å². The van der Waals surface area contributed by atoms with Crippen LogP contribution in [0.15, 0.2) is 24.3 Å². The van der Waals surface area contributed by atoms with E-state index in [0.29, 0.717) is 11.4 Å². The first-order chi connectivity index (χ1) is 10.2. The highest BCUT2D eigenvalue weighted by Gasteiger charge is 2.27. The third-order valence-electron chi connectivity index (χ3n) is 3.62. The molecule has 1 aliphatic rings. The normalized spacial score (nSPS) is 13.2. The van der Waals surface area contributed by atoms with Crippen molar-refractivity contribution in [1.29, 1.82) is 0 Å². The second kappa shape index (κ2) is 5.65. The number of nitrogens with one attached hydrogen (secondary N) is 1. The van der Waals surface area contributed by atoms with Crippen LogP contribution < -0.4 is 5.32 Å². The fourth-order valence-corrected chi connectivity index (χ4v) is 2.70. The van der Waals surface area contributed by atoms with Crippen molar-refractivity contribution in [2.45, 2.75) is 19.3 Å². The van der Waals surface area contributed by atoms with Crippen molar-refractivity contribution in [2.75, 3.05) is 13.2 Å². The molecule has 0 spiro atoms. The van der Waals surface area contributed by atoms with Gasteiger partial charge in [0.2, 0.25) is 0 Å². The SMILES string of the molecule is O=C(NCCO)c1nn(-c2ccccc2F)c2c1CCC2. The van der Waals surface area contributed by atoms with Crippen molar-refractivity contribution in [3.05, 3.63) is 47.0 Å². The molecule has 1 amide bonds. The Kier molecular flexibility index (Phi) is 3.70. The smallest absolute Gasteiger partial charge is 0.272 e. The molecular weight excluding hydrogens is 273 g/mol. The molecule has 2 aromatic rings. The number of hydrogen-bond acceptors (Lipinski definition) is 3. The predicted molar refractivity (Wildman–Crippen MR) is 75.0 cm³/mol. The number of hydrogen-bond donors (Lipinski definition) is 2. The summed E-state index contributed by atoms with van der Waals surface area (Å²) < 4.78 is 15.5. The van der Waals surface area contributed by atoms with E-state index in [1.807, 2.05) is 0 Å². The number of aliphatic hydroxyl groups excluding tert-OH is 1. The van der Waals surface area contributed by atoms with E-state index in [1.165, 1.54) is 10.7 Å². The average molecular weight is 289 g/mol. The Hall–Kier alpha value is -2.21. The van der Waals surface area contributed by atoms with Crippen LogP contribution in [0.1, 0.15) is 28.2 Å². The maximum absolute atomic E-state index is 14.0. The van der Waals surface area contributed by atoms with Gasteiger partial charge in [0.05, 0.1) is 6.61 Å². The maximum Gasteiger partial charge on any atom is 0.272 e. The first-order valence-corrected chi connectivity index (χ1v) is 6.97. The highest BCUT2D eigenvalue weighted by Crippen LogP contribution is 2.28. The number of carbonyl (C=O) groups is 1. The molecule has 0 saturated carbocycles. The van der Waals surface area contributed by atoms with Crippen molar-refractivity contribution in [2.24, 2.45) is 0 Å². The van der Waals surface area contributed by atoms with Gasteiger partial charge in [-0.3, -0.25) is 4.79 Å². The molecule has 1 aliphatic carbocycles. The van der Waals surface area contributed by atoms with E-state index in [2.05, 4.69) is 10.4 Å². The number of para-hydroxylation sites is 1. The third kappa shape index (κ3) is 2.42. The Labute approximate surface area is 121 Å². The molecule has 0 atom stereocenters. The fourth-order valence-electron chi connectivity index (χ4n) is 2.70. The number of aliphatic hydroxyl groups is 1. The van der Waals surface area contributed by atoms with Gasteiger partial charge in [-0.2, -0.15) is 5.10 Å². The van der Waals surface area contributed by atoms with Crippen molar-refractivity contribution < 1.29 is 14.3 Å². The fraction of sp³-hybridized carbons (Fsp3) is 0.333. The van der Waals surface area contributed by atoms with Gasteiger partial charge in [-0.1, -0.05) is 12.1 Å². The van der Waals surface area contributed by atoms with Gasteiger partial charge in [-0.05, 0) is 31.4 Å². The van der Waals surface area contributed by atoms with Crippen molar-refractivity contribution in [3.8, 4) is 5.69 Å². The zero-order valence-electron chi connectivity index (χ0n) is 11.5. The maximum atomic E-state index is 14.0. The molecule has 0 unspecified atom stereocenters. The van der Waals surface area contributed by atoms with Gasteiger partial charge in [0.1, 0.15) is 11.5 Å². The lowest BCUT2D eigenvalue weighted by atomic mass is 10.2. The monoisotopic (exact) mass is 289 g/mol. The summed E-state index contributed by atoms with van der Waals surface area (Å²) in [5.74, 6) is -0.686. The quantitative estimate of drug-likeness (QED) is 0.889. The average Bonchev–Trinajstić information content (AvgIpc) is 3.07. The van der Waals surface area contributed by atoms with Gasteiger partial charge in [-0.25, -0.2) is 9.07 Å². The van der Waals surface area contributed by atoms with Gasteiger partial charge in [-0.15, -0.1) is 0 Å². The third-order valence-corrected chi connectivity index (χ3v) is 3.62. The Morgan fingerprint density at radius 3 is 2.95 bits per heavy atom. The molecule has 0 radical (unpaired) electrons. The number of nitrogens with zero attached hydrogens (tertiary/aromatic N) is 2. The molecule has 5 nitrogen and oxygen atoms in total. The Morgan fingerprint density at radius 1 is 1.38 bits per heavy atom. The molecule has 1 aromatic carbocycles. The molecule has 3 rings (SSSR count). The molecule has 0 aliphatic heterocycles. The van der Waals surface area contributed by atoms with E-state index >= 15 is 0 Å². The Balaban J connectivity index is 2.04. The topological polar surface area (TPSA) is 67.2 Å². The minimum atomic E-state index is -0.364. The van der Waals surface area contributed by atoms with Crippen molar-refractivity contribution in [3.63, 3.8) is 0 Å². The summed E-state index contributed by atoms with van der Waals surface area (Å²) in [4.78, 5) is 12.1. The molecule has 0 saturated heterocycles. The van der Waals surface area contributed by atoms with E-state index in [9.17, 15) is 9.18 Å². The minimum absolute atomic E-state index is 0.123. The molecule has 110 valence electrons. The standard InChI is InChI=1S/C15H16FN3O2/c16-11-5-1-2-6-13(11)19-12-7-3-4-10(12)14(18-19)15(21)17-8-9-20/h1-2,5-6,20H,3-4,7-9H2,(H,17,21). The number of fused-ring (bicyclic) bond motifs is 1. The molecule has 1 aromatic heterocycles. The van der Waals surface area contributed by atoms with Gasteiger partial charge >= 0.3 is 0 Å². The summed E-state index contributed by atoms with van der Waals surface area (Å²) >= 11 is 0. The highest BCUT2D eigenvalue weighted by atomic mass is 19.1. The number of carbonyl (C=O) groups excluding carboxylic acids is 1. The van der Waals surface area contributed by atoms with Crippen LogP contribution in [-0.2, 0) is 12.8 Å². The molecule has 21 heavy (non-hydrogen) atoms. The van der Waals surface area contributed by atoms with Gasteiger partial charge < -0.3 is 10.4 Å². The van der Waals surface area contributed by atoms with Gasteiger partial charge in [0, 0.05) is 17.8 Å². The summed E-state index contributed by atoms with van der Waals surface area (Å²) in [5, 5.41) is 15.7. The lowest BCUT2D eigenvalue weighted by molar-refractivity contribution is 0.0938. The van der Waals surface area contributed by atoms with E-state index in [1.54, 1.807) is 18.2 Å². The second-order valence-electron chi connectivity index (χ2n) is 4.97. The highest BCUT2D eigenvalue weighted by molar-refractivity contribution is 5.94. The predicted octanol–water partition coefficient (Wildman–Crippen LogP) is 1.22. The lowest BCUT2D eigenvalue weighted by Gasteiger charge is -2.06. The molecule has 6 heteroatoms. The van der Waals surface area contributed by atoms with Crippen molar-refractivity contribution in [1.82, 2.24) is 15.1 Å². The van der Waals surface area contributed by atoms with E-state index in [-0.39, 0.29) is 24.9 Å². The molecule has 0 bridgehead atoms. The summed E-state index contributed by atoms with van der Waals surface area (Å²) in [7, 11) is 0. The summed E-state index contributed by atoms with van der Waals surface area (Å²) in [6.07, 6.45) is 2.48. The summed E-state index contributed by atoms with van der Waals surface area (Å²) in [6, 6.07) is 6.39. The van der Waals surface area contributed by atoms with Crippen molar-refractivity contribution >= 4 is 5.91 Å². The van der Waals surface area contributed by atoms with E-state index in [0.717, 1.165) is 30.5 Å². The Bertz CT molecular complexity index is 682. The largest absolute Gasteiger partial charge is 0.395 e.